The lowest BCUT2D eigenvalue weighted by Gasteiger charge is -2.11. The van der Waals surface area contributed by atoms with E-state index in [4.69, 9.17) is 26.8 Å². The van der Waals surface area contributed by atoms with Crippen molar-refractivity contribution in [2.45, 2.75) is 0 Å². The Kier molecular flexibility index (Phi) is 5.43. The van der Waals surface area contributed by atoms with Crippen LogP contribution >= 0.6 is 11.6 Å². The predicted octanol–water partition coefficient (Wildman–Crippen LogP) is 2.73. The lowest BCUT2D eigenvalue weighted by atomic mass is 10.2. The van der Waals surface area contributed by atoms with Crippen LogP contribution in [0.5, 0.6) is 5.75 Å². The number of rotatable bonds is 5. The largest absolute Gasteiger partial charge is 0.496 e. The number of nitrogens with two attached hydrogens (primary N) is 1. The number of amides is 1. The fourth-order valence-electron chi connectivity index (χ4n) is 1.82. The molecule has 0 unspecified atom stereocenters. The number of para-hydroxylation sites is 1. The number of hydrogen-bond donors (Lipinski definition) is 2. The molecule has 0 bridgehead atoms. The van der Waals surface area contributed by atoms with E-state index in [0.717, 1.165) is 0 Å². The summed E-state index contributed by atoms with van der Waals surface area (Å²) in [6.07, 6.45) is 0. The van der Waals surface area contributed by atoms with E-state index in [1.165, 1.54) is 19.2 Å². The Bertz CT molecular complexity index is 720. The second-order valence-electron chi connectivity index (χ2n) is 4.56. The highest BCUT2D eigenvalue weighted by molar-refractivity contribution is 6.33. The van der Waals surface area contributed by atoms with Crippen molar-refractivity contribution in [3.8, 4) is 5.75 Å². The summed E-state index contributed by atoms with van der Waals surface area (Å²) in [4.78, 5) is 23.8. The number of esters is 1. The van der Waals surface area contributed by atoms with Gasteiger partial charge in [-0.2, -0.15) is 0 Å². The molecule has 3 N–H and O–H groups in total. The average molecular weight is 335 g/mol. The monoisotopic (exact) mass is 334 g/mol. The van der Waals surface area contributed by atoms with Gasteiger partial charge in [0.25, 0.3) is 5.91 Å². The van der Waals surface area contributed by atoms with E-state index in [-0.39, 0.29) is 22.0 Å². The average Bonchev–Trinajstić information content (AvgIpc) is 2.55. The summed E-state index contributed by atoms with van der Waals surface area (Å²) in [5.74, 6) is -0.961. The topological polar surface area (TPSA) is 90.7 Å². The molecule has 6 nitrogen and oxygen atoms in total. The zero-order valence-corrected chi connectivity index (χ0v) is 13.1. The zero-order chi connectivity index (χ0) is 16.8. The van der Waals surface area contributed by atoms with Gasteiger partial charge in [0.1, 0.15) is 11.3 Å². The van der Waals surface area contributed by atoms with E-state index < -0.39 is 18.5 Å². The van der Waals surface area contributed by atoms with Crippen molar-refractivity contribution < 1.29 is 19.1 Å². The Labute approximate surface area is 138 Å². The predicted molar refractivity (Wildman–Crippen MR) is 87.8 cm³/mol. The molecule has 23 heavy (non-hydrogen) atoms. The summed E-state index contributed by atoms with van der Waals surface area (Å²) in [5.41, 5.74) is 6.63. The molecule has 0 saturated heterocycles. The maximum atomic E-state index is 12.1. The molecule has 1 amide bonds. The number of nitrogens with one attached hydrogen (secondary N) is 1. The van der Waals surface area contributed by atoms with Gasteiger partial charge in [-0.25, -0.2) is 4.79 Å². The Hall–Kier alpha value is -2.73. The van der Waals surface area contributed by atoms with Crippen molar-refractivity contribution in [2.75, 3.05) is 24.8 Å². The third kappa shape index (κ3) is 4.37. The number of halogens is 1. The minimum atomic E-state index is -0.730. The lowest BCUT2D eigenvalue weighted by molar-refractivity contribution is -0.119. The Balaban J connectivity index is 2.00. The van der Waals surface area contributed by atoms with Crippen LogP contribution in [0.3, 0.4) is 0 Å². The van der Waals surface area contributed by atoms with Crippen molar-refractivity contribution in [3.05, 3.63) is 53.1 Å². The third-order valence-corrected chi connectivity index (χ3v) is 3.26. The van der Waals surface area contributed by atoms with Crippen LogP contribution in [-0.4, -0.2) is 25.6 Å². The quantitative estimate of drug-likeness (QED) is 0.648. The van der Waals surface area contributed by atoms with Gasteiger partial charge in [0.2, 0.25) is 0 Å². The van der Waals surface area contributed by atoms with Crippen LogP contribution in [0.1, 0.15) is 10.4 Å². The molecule has 0 radical (unpaired) electrons. The lowest BCUT2D eigenvalue weighted by Crippen LogP contribution is -2.21. The molecule has 7 heteroatoms. The molecular weight excluding hydrogens is 320 g/mol. The third-order valence-electron chi connectivity index (χ3n) is 2.93. The SMILES string of the molecule is COc1cc(N)c(Cl)cc1C(=O)OCC(=O)Nc1ccccc1. The van der Waals surface area contributed by atoms with Gasteiger partial charge in [-0.1, -0.05) is 29.8 Å². The zero-order valence-electron chi connectivity index (χ0n) is 12.3. The van der Waals surface area contributed by atoms with E-state index in [1.54, 1.807) is 24.3 Å². The number of anilines is 2. The van der Waals surface area contributed by atoms with Gasteiger partial charge in [-0.3, -0.25) is 4.79 Å². The maximum Gasteiger partial charge on any atom is 0.342 e. The van der Waals surface area contributed by atoms with Gasteiger partial charge in [0.05, 0.1) is 17.8 Å². The molecule has 2 rings (SSSR count). The van der Waals surface area contributed by atoms with E-state index in [2.05, 4.69) is 5.32 Å². The second-order valence-corrected chi connectivity index (χ2v) is 4.97. The minimum absolute atomic E-state index is 0.0965. The van der Waals surface area contributed by atoms with E-state index >= 15 is 0 Å². The maximum absolute atomic E-state index is 12.1. The minimum Gasteiger partial charge on any atom is -0.496 e. The van der Waals surface area contributed by atoms with Gasteiger partial charge in [0.15, 0.2) is 6.61 Å². The fraction of sp³-hybridized carbons (Fsp3) is 0.125. The molecule has 0 aliphatic rings. The van der Waals surface area contributed by atoms with Crippen molar-refractivity contribution in [2.24, 2.45) is 0 Å². The van der Waals surface area contributed by atoms with Gasteiger partial charge < -0.3 is 20.5 Å². The van der Waals surface area contributed by atoms with Crippen LogP contribution < -0.4 is 15.8 Å². The van der Waals surface area contributed by atoms with Crippen LogP contribution in [-0.2, 0) is 9.53 Å². The number of ether oxygens (including phenoxy) is 2. The highest BCUT2D eigenvalue weighted by Gasteiger charge is 2.17. The number of hydrogen-bond acceptors (Lipinski definition) is 5. The Morgan fingerprint density at radius 1 is 1.22 bits per heavy atom. The first-order valence-corrected chi connectivity index (χ1v) is 7.04. The highest BCUT2D eigenvalue weighted by atomic mass is 35.5. The van der Waals surface area contributed by atoms with Gasteiger partial charge in [-0.05, 0) is 18.2 Å². The van der Waals surface area contributed by atoms with Crippen LogP contribution in [0.4, 0.5) is 11.4 Å². The molecule has 0 saturated carbocycles. The first-order valence-electron chi connectivity index (χ1n) is 6.66. The number of carbonyl (C=O) groups excluding carboxylic acids is 2. The van der Waals surface area contributed by atoms with Gasteiger partial charge in [0, 0.05) is 11.8 Å². The molecule has 2 aromatic rings. The number of nitrogen functional groups attached to an aromatic ring is 1. The van der Waals surface area contributed by atoms with Crippen LogP contribution in [0.2, 0.25) is 5.02 Å². The highest BCUT2D eigenvalue weighted by Crippen LogP contribution is 2.29. The van der Waals surface area contributed by atoms with Gasteiger partial charge >= 0.3 is 5.97 Å². The molecule has 120 valence electrons. The molecule has 0 aliphatic heterocycles. The second kappa shape index (κ2) is 7.51. The molecule has 0 fully saturated rings. The van der Waals surface area contributed by atoms with Crippen LogP contribution in [0.15, 0.2) is 42.5 Å². The first-order chi connectivity index (χ1) is 11.0. The molecular formula is C16H15ClN2O4. The number of methoxy groups -OCH3 is 1. The molecule has 2 aromatic carbocycles. The summed E-state index contributed by atoms with van der Waals surface area (Å²) >= 11 is 5.89. The smallest absolute Gasteiger partial charge is 0.342 e. The number of carbonyl (C=O) groups is 2. The van der Waals surface area contributed by atoms with E-state index in [1.807, 2.05) is 6.07 Å². The first kappa shape index (κ1) is 16.6. The van der Waals surface area contributed by atoms with Crippen LogP contribution in [0.25, 0.3) is 0 Å². The molecule has 0 heterocycles. The Morgan fingerprint density at radius 3 is 2.57 bits per heavy atom. The molecule has 0 spiro atoms. The normalized spacial score (nSPS) is 10.0. The van der Waals surface area contributed by atoms with Crippen molar-refractivity contribution >= 4 is 34.9 Å². The van der Waals surface area contributed by atoms with Crippen LogP contribution in [0, 0.1) is 0 Å². The summed E-state index contributed by atoms with van der Waals surface area (Å²) in [6.45, 7) is -0.432. The summed E-state index contributed by atoms with van der Waals surface area (Å²) in [5, 5.41) is 2.80. The molecule has 0 aromatic heterocycles. The van der Waals surface area contributed by atoms with Crippen molar-refractivity contribution in [1.82, 2.24) is 0 Å². The van der Waals surface area contributed by atoms with Crippen molar-refractivity contribution in [1.29, 1.82) is 0 Å². The van der Waals surface area contributed by atoms with E-state index in [0.29, 0.717) is 5.69 Å². The van der Waals surface area contributed by atoms with Crippen molar-refractivity contribution in [3.63, 3.8) is 0 Å². The molecule has 0 atom stereocenters. The Morgan fingerprint density at radius 2 is 1.91 bits per heavy atom. The van der Waals surface area contributed by atoms with E-state index in [9.17, 15) is 9.59 Å². The molecule has 0 aliphatic carbocycles. The fourth-order valence-corrected chi connectivity index (χ4v) is 1.99. The number of benzene rings is 2. The summed E-state index contributed by atoms with van der Waals surface area (Å²) < 4.78 is 10.0. The van der Waals surface area contributed by atoms with Gasteiger partial charge in [-0.15, -0.1) is 0 Å². The summed E-state index contributed by atoms with van der Waals surface area (Å²) in [7, 11) is 1.39. The summed E-state index contributed by atoms with van der Waals surface area (Å²) in [6, 6.07) is 11.6. The standard InChI is InChI=1S/C16H15ClN2O4/c1-22-14-8-13(18)12(17)7-11(14)16(21)23-9-15(20)19-10-5-3-2-4-6-10/h2-8H,9,18H2,1H3,(H,19,20).